The normalized spacial score (nSPS) is 20.5. The van der Waals surface area contributed by atoms with Crippen LogP contribution in [-0.4, -0.2) is 16.8 Å². The van der Waals surface area contributed by atoms with E-state index in [0.29, 0.717) is 15.7 Å². The van der Waals surface area contributed by atoms with E-state index in [2.05, 4.69) is 5.10 Å². The van der Waals surface area contributed by atoms with Crippen LogP contribution in [0.1, 0.15) is 18.5 Å². The molecule has 2 atom stereocenters. The summed E-state index contributed by atoms with van der Waals surface area (Å²) in [6, 6.07) is 14.5. The molecule has 0 bridgehead atoms. The summed E-state index contributed by atoms with van der Waals surface area (Å²) in [4.78, 5) is 11.5. The van der Waals surface area contributed by atoms with Gasteiger partial charge in [-0.15, -0.1) is 0 Å². The first-order chi connectivity index (χ1) is 11.0. The Labute approximate surface area is 143 Å². The van der Waals surface area contributed by atoms with Crippen LogP contribution in [0.3, 0.4) is 0 Å². The summed E-state index contributed by atoms with van der Waals surface area (Å²) in [5.74, 6) is -1.30. The van der Waals surface area contributed by atoms with E-state index in [9.17, 15) is 9.90 Å². The quantitative estimate of drug-likeness (QED) is 0.879. The van der Waals surface area contributed by atoms with Gasteiger partial charge in [0.25, 0.3) is 0 Å². The minimum absolute atomic E-state index is 0.116. The van der Waals surface area contributed by atoms with Crippen molar-refractivity contribution < 1.29 is 9.90 Å². The van der Waals surface area contributed by atoms with Gasteiger partial charge >= 0.3 is 5.97 Å². The SMILES string of the molecule is CC1C(C(=O)O)=NN(c2ccc(Cl)cc2Cl)C1c1ccccc1. The topological polar surface area (TPSA) is 52.9 Å². The zero-order chi connectivity index (χ0) is 16.6. The molecule has 0 saturated carbocycles. The molecule has 0 spiro atoms. The first-order valence-corrected chi connectivity index (χ1v) is 7.85. The van der Waals surface area contributed by atoms with Gasteiger partial charge in [-0.1, -0.05) is 60.5 Å². The molecule has 23 heavy (non-hydrogen) atoms. The number of hydrazone groups is 1. The van der Waals surface area contributed by atoms with Crippen molar-refractivity contribution in [2.24, 2.45) is 11.0 Å². The van der Waals surface area contributed by atoms with Crippen molar-refractivity contribution >= 4 is 40.6 Å². The van der Waals surface area contributed by atoms with E-state index >= 15 is 0 Å². The van der Waals surface area contributed by atoms with E-state index in [1.807, 2.05) is 37.3 Å². The number of hydrogen-bond acceptors (Lipinski definition) is 3. The molecule has 118 valence electrons. The third-order valence-electron chi connectivity index (χ3n) is 3.90. The first-order valence-electron chi connectivity index (χ1n) is 7.10. The van der Waals surface area contributed by atoms with Gasteiger partial charge in [-0.05, 0) is 23.8 Å². The minimum Gasteiger partial charge on any atom is -0.477 e. The lowest BCUT2D eigenvalue weighted by molar-refractivity contribution is -0.129. The summed E-state index contributed by atoms with van der Waals surface area (Å²) < 4.78 is 0. The molecule has 1 aliphatic heterocycles. The van der Waals surface area contributed by atoms with Crippen LogP contribution >= 0.6 is 23.2 Å². The molecule has 4 nitrogen and oxygen atoms in total. The fourth-order valence-corrected chi connectivity index (χ4v) is 3.31. The number of halogens is 2. The van der Waals surface area contributed by atoms with Gasteiger partial charge in [0.15, 0.2) is 5.71 Å². The number of carbonyl (C=O) groups is 1. The molecular formula is C17H14Cl2N2O2. The predicted molar refractivity (Wildman–Crippen MR) is 92.4 cm³/mol. The van der Waals surface area contributed by atoms with Crippen molar-refractivity contribution in [2.75, 3.05) is 5.01 Å². The standard InChI is InChI=1S/C17H14Cl2N2O2/c1-10-15(17(22)23)20-21(14-8-7-12(18)9-13(14)19)16(10)11-5-3-2-4-6-11/h2-10,16H,1H3,(H,22,23). The number of benzene rings is 2. The van der Waals surface area contributed by atoms with Gasteiger partial charge in [0.05, 0.1) is 16.8 Å². The van der Waals surface area contributed by atoms with Crippen LogP contribution in [-0.2, 0) is 4.79 Å². The van der Waals surface area contributed by atoms with E-state index in [0.717, 1.165) is 5.56 Å². The summed E-state index contributed by atoms with van der Waals surface area (Å²) in [5, 5.41) is 16.3. The number of rotatable bonds is 3. The van der Waals surface area contributed by atoms with Crippen LogP contribution in [0.4, 0.5) is 5.69 Å². The van der Waals surface area contributed by atoms with E-state index in [1.165, 1.54) is 0 Å². The van der Waals surface area contributed by atoms with E-state index in [-0.39, 0.29) is 17.7 Å². The number of anilines is 1. The molecule has 2 aromatic rings. The van der Waals surface area contributed by atoms with E-state index < -0.39 is 5.97 Å². The second kappa shape index (κ2) is 6.22. The Morgan fingerprint density at radius 2 is 1.87 bits per heavy atom. The summed E-state index contributed by atoms with van der Waals surface area (Å²) in [7, 11) is 0. The Hall–Kier alpha value is -2.04. The Morgan fingerprint density at radius 3 is 2.48 bits per heavy atom. The van der Waals surface area contributed by atoms with Crippen molar-refractivity contribution in [3.05, 3.63) is 64.1 Å². The molecule has 1 aliphatic rings. The number of carboxylic acid groups (broad SMARTS) is 1. The molecule has 0 aromatic heterocycles. The van der Waals surface area contributed by atoms with Crippen molar-refractivity contribution in [3.63, 3.8) is 0 Å². The van der Waals surface area contributed by atoms with Gasteiger partial charge in [0, 0.05) is 10.9 Å². The lowest BCUT2D eigenvalue weighted by Gasteiger charge is -2.27. The molecule has 2 unspecified atom stereocenters. The molecule has 2 aromatic carbocycles. The van der Waals surface area contributed by atoms with Crippen LogP contribution in [0.2, 0.25) is 10.0 Å². The van der Waals surface area contributed by atoms with Gasteiger partial charge in [0.1, 0.15) is 0 Å². The average Bonchev–Trinajstić information content (AvgIpc) is 2.85. The maximum atomic E-state index is 11.5. The maximum absolute atomic E-state index is 11.5. The zero-order valence-corrected chi connectivity index (χ0v) is 13.8. The zero-order valence-electron chi connectivity index (χ0n) is 12.3. The summed E-state index contributed by atoms with van der Waals surface area (Å²) >= 11 is 12.2. The van der Waals surface area contributed by atoms with Crippen LogP contribution < -0.4 is 5.01 Å². The number of carboxylic acids is 1. The Kier molecular flexibility index (Phi) is 4.28. The van der Waals surface area contributed by atoms with Crippen LogP contribution in [0.25, 0.3) is 0 Å². The molecule has 3 rings (SSSR count). The summed E-state index contributed by atoms with van der Waals surface area (Å²) in [6.45, 7) is 1.86. The van der Waals surface area contributed by atoms with Gasteiger partial charge in [-0.25, -0.2) is 4.79 Å². The maximum Gasteiger partial charge on any atom is 0.352 e. The Bertz CT molecular complexity index is 777. The lowest BCUT2D eigenvalue weighted by atomic mass is 9.91. The fraction of sp³-hybridized carbons (Fsp3) is 0.176. The molecule has 0 saturated heterocycles. The van der Waals surface area contributed by atoms with E-state index in [4.69, 9.17) is 23.2 Å². The summed E-state index contributed by atoms with van der Waals surface area (Å²) in [6.07, 6.45) is 0. The average molecular weight is 349 g/mol. The lowest BCUT2D eigenvalue weighted by Crippen LogP contribution is -2.25. The smallest absolute Gasteiger partial charge is 0.352 e. The van der Waals surface area contributed by atoms with Gasteiger partial charge < -0.3 is 5.11 Å². The highest BCUT2D eigenvalue weighted by Gasteiger charge is 2.39. The highest BCUT2D eigenvalue weighted by atomic mass is 35.5. The molecule has 1 N–H and O–H groups in total. The minimum atomic E-state index is -1.02. The molecular weight excluding hydrogens is 335 g/mol. The van der Waals surface area contributed by atoms with Crippen LogP contribution in [0.15, 0.2) is 53.6 Å². The van der Waals surface area contributed by atoms with Gasteiger partial charge in [-0.2, -0.15) is 5.10 Å². The van der Waals surface area contributed by atoms with Crippen molar-refractivity contribution in [1.82, 2.24) is 0 Å². The molecule has 0 amide bonds. The highest BCUT2D eigenvalue weighted by molar-refractivity contribution is 6.38. The van der Waals surface area contributed by atoms with Crippen molar-refractivity contribution in [3.8, 4) is 0 Å². The Balaban J connectivity index is 2.11. The number of nitrogens with zero attached hydrogens (tertiary/aromatic N) is 2. The molecule has 6 heteroatoms. The monoisotopic (exact) mass is 348 g/mol. The molecule has 0 fully saturated rings. The van der Waals surface area contributed by atoms with Crippen LogP contribution in [0.5, 0.6) is 0 Å². The Morgan fingerprint density at radius 1 is 1.17 bits per heavy atom. The molecule has 0 aliphatic carbocycles. The predicted octanol–water partition coefficient (Wildman–Crippen LogP) is 4.63. The first kappa shape index (κ1) is 15.8. The number of aliphatic carboxylic acids is 1. The molecule has 1 heterocycles. The van der Waals surface area contributed by atoms with Crippen LogP contribution in [0, 0.1) is 5.92 Å². The highest BCUT2D eigenvalue weighted by Crippen LogP contribution is 2.42. The molecule has 0 radical (unpaired) electrons. The second-order valence-corrected chi connectivity index (χ2v) is 6.22. The third kappa shape index (κ3) is 2.92. The van der Waals surface area contributed by atoms with Crippen molar-refractivity contribution in [2.45, 2.75) is 13.0 Å². The van der Waals surface area contributed by atoms with E-state index in [1.54, 1.807) is 23.2 Å². The third-order valence-corrected chi connectivity index (χ3v) is 4.44. The largest absolute Gasteiger partial charge is 0.477 e. The second-order valence-electron chi connectivity index (χ2n) is 5.37. The van der Waals surface area contributed by atoms with Gasteiger partial charge in [0.2, 0.25) is 0 Å². The van der Waals surface area contributed by atoms with Gasteiger partial charge in [-0.3, -0.25) is 5.01 Å². The number of hydrogen-bond donors (Lipinski definition) is 1. The fourth-order valence-electron chi connectivity index (χ4n) is 2.82. The summed E-state index contributed by atoms with van der Waals surface area (Å²) in [5.41, 5.74) is 1.73. The van der Waals surface area contributed by atoms with Crippen molar-refractivity contribution in [1.29, 1.82) is 0 Å².